The molecule has 1 heterocycles. The zero-order valence-electron chi connectivity index (χ0n) is 31.5. The zero-order valence-corrected chi connectivity index (χ0v) is 32.3. The number of hydrogen-bond acceptors (Lipinski definition) is 3. The van der Waals surface area contributed by atoms with Gasteiger partial charge in [0.05, 0.1) is 5.69 Å². The van der Waals surface area contributed by atoms with E-state index in [4.69, 9.17) is 0 Å². The number of fused-ring (bicyclic) bond motifs is 8. The fourth-order valence-electron chi connectivity index (χ4n) is 9.22. The quantitative estimate of drug-likeness (QED) is 0.160. The molecular formula is C54H38N2S. The Morgan fingerprint density at radius 3 is 1.54 bits per heavy atom. The number of para-hydroxylation sites is 3. The summed E-state index contributed by atoms with van der Waals surface area (Å²) >= 11 is 1.87. The highest BCUT2D eigenvalue weighted by atomic mass is 32.1. The van der Waals surface area contributed by atoms with Gasteiger partial charge in [0, 0.05) is 59.4 Å². The van der Waals surface area contributed by atoms with Crippen LogP contribution in [0.1, 0.15) is 23.6 Å². The van der Waals surface area contributed by atoms with E-state index in [-0.39, 0.29) is 0 Å². The van der Waals surface area contributed by atoms with Crippen LogP contribution in [-0.2, 0) is 5.41 Å². The van der Waals surface area contributed by atoms with E-state index < -0.39 is 5.41 Å². The van der Waals surface area contributed by atoms with E-state index in [9.17, 15) is 0 Å². The minimum absolute atomic E-state index is 0.447. The van der Waals surface area contributed by atoms with Gasteiger partial charge in [-0.25, -0.2) is 0 Å². The third-order valence-electron chi connectivity index (χ3n) is 11.9. The molecule has 0 saturated heterocycles. The van der Waals surface area contributed by atoms with Crippen molar-refractivity contribution in [3.8, 4) is 11.1 Å². The predicted molar refractivity (Wildman–Crippen MR) is 244 cm³/mol. The van der Waals surface area contributed by atoms with E-state index in [0.29, 0.717) is 0 Å². The summed E-state index contributed by atoms with van der Waals surface area (Å²) in [6, 6.07) is 77.7. The molecule has 0 aliphatic heterocycles. The predicted octanol–water partition coefficient (Wildman–Crippen LogP) is 15.5. The number of anilines is 6. The topological polar surface area (TPSA) is 6.48 Å². The average molecular weight is 747 g/mol. The summed E-state index contributed by atoms with van der Waals surface area (Å²) in [5.41, 5.74) is 12.9. The highest BCUT2D eigenvalue weighted by molar-refractivity contribution is 7.25. The molecule has 57 heavy (non-hydrogen) atoms. The maximum atomic E-state index is 2.50. The summed E-state index contributed by atoms with van der Waals surface area (Å²) in [6.07, 6.45) is 0. The number of benzene rings is 9. The van der Waals surface area contributed by atoms with Crippen LogP contribution in [0.15, 0.2) is 212 Å². The Balaban J connectivity index is 1.18. The lowest BCUT2D eigenvalue weighted by atomic mass is 9.73. The molecular weight excluding hydrogens is 709 g/mol. The van der Waals surface area contributed by atoms with Crippen molar-refractivity contribution in [3.05, 3.63) is 229 Å². The molecule has 1 unspecified atom stereocenters. The van der Waals surface area contributed by atoms with Crippen LogP contribution in [0.25, 0.3) is 42.1 Å². The zero-order chi connectivity index (χ0) is 37.9. The van der Waals surface area contributed by atoms with Gasteiger partial charge in [-0.1, -0.05) is 140 Å². The van der Waals surface area contributed by atoms with Gasteiger partial charge in [-0.15, -0.1) is 11.3 Å². The first-order valence-electron chi connectivity index (χ1n) is 19.6. The summed E-state index contributed by atoms with van der Waals surface area (Å²) in [5, 5.41) is 5.09. The Morgan fingerprint density at radius 2 is 0.877 bits per heavy atom. The number of rotatable bonds is 7. The molecule has 2 nitrogen and oxygen atoms in total. The third-order valence-corrected chi connectivity index (χ3v) is 13.0. The molecule has 1 aliphatic carbocycles. The SMILES string of the molecule is CC1(c2ccccc2)c2cc(N(c3ccccc3)c3ccccc3)ccc2-c2c1cc(N(c1ccccc1)c1ccc3c(c1)sc1ccccc13)c1ccccc21. The minimum Gasteiger partial charge on any atom is -0.310 e. The van der Waals surface area contributed by atoms with Crippen LogP contribution in [0.4, 0.5) is 34.1 Å². The van der Waals surface area contributed by atoms with Gasteiger partial charge >= 0.3 is 0 Å². The second kappa shape index (κ2) is 13.4. The minimum atomic E-state index is -0.447. The highest BCUT2D eigenvalue weighted by Gasteiger charge is 2.43. The van der Waals surface area contributed by atoms with Crippen molar-refractivity contribution in [2.75, 3.05) is 9.80 Å². The molecule has 11 rings (SSSR count). The molecule has 1 aliphatic rings. The van der Waals surface area contributed by atoms with Crippen LogP contribution in [0.2, 0.25) is 0 Å². The van der Waals surface area contributed by atoms with Gasteiger partial charge in [0.2, 0.25) is 0 Å². The van der Waals surface area contributed by atoms with Crippen molar-refractivity contribution in [1.29, 1.82) is 0 Å². The van der Waals surface area contributed by atoms with Crippen molar-refractivity contribution in [3.63, 3.8) is 0 Å². The number of thiophene rings is 1. The maximum Gasteiger partial charge on any atom is 0.0543 e. The largest absolute Gasteiger partial charge is 0.310 e. The Morgan fingerprint density at radius 1 is 0.368 bits per heavy atom. The van der Waals surface area contributed by atoms with Crippen molar-refractivity contribution in [2.24, 2.45) is 0 Å². The summed E-state index contributed by atoms with van der Waals surface area (Å²) in [5.74, 6) is 0. The summed E-state index contributed by atoms with van der Waals surface area (Å²) < 4.78 is 2.60. The van der Waals surface area contributed by atoms with Crippen molar-refractivity contribution in [1.82, 2.24) is 0 Å². The van der Waals surface area contributed by atoms with Gasteiger partial charge in [-0.05, 0) is 113 Å². The lowest BCUT2D eigenvalue weighted by molar-refractivity contribution is 0.714. The number of hydrogen-bond donors (Lipinski definition) is 0. The summed E-state index contributed by atoms with van der Waals surface area (Å²) in [7, 11) is 0. The summed E-state index contributed by atoms with van der Waals surface area (Å²) in [6.45, 7) is 2.43. The monoisotopic (exact) mass is 746 g/mol. The molecule has 9 aromatic carbocycles. The molecule has 1 aromatic heterocycles. The molecule has 270 valence electrons. The Kier molecular flexibility index (Phi) is 7.84. The Labute approximate surface area is 337 Å². The first kappa shape index (κ1) is 33.4. The van der Waals surface area contributed by atoms with Gasteiger partial charge in [-0.3, -0.25) is 0 Å². The molecule has 10 aromatic rings. The van der Waals surface area contributed by atoms with Crippen LogP contribution in [0.5, 0.6) is 0 Å². The molecule has 1 atom stereocenters. The Bertz CT molecular complexity index is 3040. The maximum absolute atomic E-state index is 2.50. The van der Waals surface area contributed by atoms with E-state index >= 15 is 0 Å². The second-order valence-corrected chi connectivity index (χ2v) is 16.1. The van der Waals surface area contributed by atoms with Gasteiger partial charge in [0.1, 0.15) is 0 Å². The lowest BCUT2D eigenvalue weighted by Crippen LogP contribution is -2.23. The van der Waals surface area contributed by atoms with Gasteiger partial charge < -0.3 is 9.80 Å². The van der Waals surface area contributed by atoms with Crippen LogP contribution >= 0.6 is 11.3 Å². The standard InChI is InChI=1S/C54H38N2S/c1-54(37-18-6-2-7-19-37)48-34-41(55(38-20-8-3-9-21-38)39-22-10-4-11-23-39)31-33-47(48)53-46-28-15-14-26-43(46)50(36-49(53)54)56(40-24-12-5-13-25-40)42-30-32-45-44-27-16-17-29-51(44)57-52(45)35-42/h2-36H,1H3. The lowest BCUT2D eigenvalue weighted by Gasteiger charge is -2.32. The first-order chi connectivity index (χ1) is 28.2. The molecule has 0 N–H and O–H groups in total. The molecule has 0 fully saturated rings. The normalized spacial score (nSPS) is 14.5. The van der Waals surface area contributed by atoms with Crippen LogP contribution in [-0.4, -0.2) is 0 Å². The van der Waals surface area contributed by atoms with Crippen molar-refractivity contribution < 1.29 is 0 Å². The Hall–Kier alpha value is -6.94. The van der Waals surface area contributed by atoms with E-state index in [0.717, 1.165) is 28.4 Å². The third kappa shape index (κ3) is 5.31. The van der Waals surface area contributed by atoms with Crippen LogP contribution in [0.3, 0.4) is 0 Å². The molecule has 3 heteroatoms. The van der Waals surface area contributed by atoms with Crippen LogP contribution in [0, 0.1) is 0 Å². The van der Waals surface area contributed by atoms with E-state index in [1.807, 2.05) is 11.3 Å². The molecule has 0 amide bonds. The van der Waals surface area contributed by atoms with E-state index in [2.05, 4.69) is 229 Å². The molecule has 0 radical (unpaired) electrons. The average Bonchev–Trinajstić information content (AvgIpc) is 3.78. The smallest absolute Gasteiger partial charge is 0.0543 e. The number of nitrogens with zero attached hydrogens (tertiary/aromatic N) is 2. The molecule has 0 bridgehead atoms. The van der Waals surface area contributed by atoms with Crippen molar-refractivity contribution in [2.45, 2.75) is 12.3 Å². The van der Waals surface area contributed by atoms with Crippen molar-refractivity contribution >= 4 is 76.4 Å². The van der Waals surface area contributed by atoms with Crippen LogP contribution < -0.4 is 9.80 Å². The molecule has 0 saturated carbocycles. The van der Waals surface area contributed by atoms with Gasteiger partial charge in [0.15, 0.2) is 0 Å². The fraction of sp³-hybridized carbons (Fsp3) is 0.0370. The highest BCUT2D eigenvalue weighted by Crippen LogP contribution is 2.58. The summed E-state index contributed by atoms with van der Waals surface area (Å²) in [4.78, 5) is 4.85. The van der Waals surface area contributed by atoms with E-state index in [1.54, 1.807) is 0 Å². The fourth-order valence-corrected chi connectivity index (χ4v) is 10.4. The van der Waals surface area contributed by atoms with Gasteiger partial charge in [0.25, 0.3) is 0 Å². The van der Waals surface area contributed by atoms with E-state index in [1.165, 1.54) is 64.4 Å². The molecule has 0 spiro atoms. The van der Waals surface area contributed by atoms with Gasteiger partial charge in [-0.2, -0.15) is 0 Å². The first-order valence-corrected chi connectivity index (χ1v) is 20.4. The second-order valence-electron chi connectivity index (χ2n) is 15.0.